The number of ether oxygens (including phenoxy) is 2. The van der Waals surface area contributed by atoms with Gasteiger partial charge in [-0.1, -0.05) is 0 Å². The van der Waals surface area contributed by atoms with Crippen LogP contribution in [-0.4, -0.2) is 19.6 Å². The number of nitrogen functional groups attached to an aromatic ring is 1. The fourth-order valence-electron chi connectivity index (χ4n) is 1.17. The van der Waals surface area contributed by atoms with E-state index in [2.05, 4.69) is 5.43 Å². The van der Waals surface area contributed by atoms with Crippen LogP contribution < -0.4 is 20.7 Å². The Morgan fingerprint density at radius 3 is 2.73 bits per heavy atom. The van der Waals surface area contributed by atoms with Gasteiger partial charge in [-0.25, -0.2) is 5.84 Å². The van der Waals surface area contributed by atoms with Crippen molar-refractivity contribution in [3.8, 4) is 11.5 Å². The molecule has 1 rings (SSSR count). The molecule has 15 heavy (non-hydrogen) atoms. The summed E-state index contributed by atoms with van der Waals surface area (Å²) in [4.78, 5) is 11.2. The number of hydrazine groups is 1. The fourth-order valence-corrected chi connectivity index (χ4v) is 1.17. The molecule has 0 unspecified atom stereocenters. The lowest BCUT2D eigenvalue weighted by Crippen LogP contribution is -2.29. The van der Waals surface area contributed by atoms with Crippen molar-refractivity contribution >= 4 is 5.91 Å². The van der Waals surface area contributed by atoms with Gasteiger partial charge in [-0.3, -0.25) is 10.2 Å². The second-order valence-electron chi connectivity index (χ2n) is 2.77. The summed E-state index contributed by atoms with van der Waals surface area (Å²) in [6, 6.07) is 4.86. The molecule has 0 spiro atoms. The lowest BCUT2D eigenvalue weighted by molar-refractivity contribution is 0.0953. The predicted octanol–water partition coefficient (Wildman–Crippen LogP) is 0.697. The van der Waals surface area contributed by atoms with E-state index in [4.69, 9.17) is 15.3 Å². The molecular weight excluding hydrogens is 196 g/mol. The lowest BCUT2D eigenvalue weighted by atomic mass is 10.2. The van der Waals surface area contributed by atoms with E-state index in [-0.39, 0.29) is 5.91 Å². The Labute approximate surface area is 88.1 Å². The van der Waals surface area contributed by atoms with E-state index < -0.39 is 0 Å². The minimum absolute atomic E-state index is 0.362. The van der Waals surface area contributed by atoms with Crippen molar-refractivity contribution < 1.29 is 14.3 Å². The molecule has 5 heteroatoms. The molecule has 0 saturated heterocycles. The molecule has 0 radical (unpaired) electrons. The second-order valence-corrected chi connectivity index (χ2v) is 2.77. The summed E-state index contributed by atoms with van der Waals surface area (Å²) >= 11 is 0. The van der Waals surface area contributed by atoms with Crippen LogP contribution in [-0.2, 0) is 0 Å². The third-order valence-corrected chi connectivity index (χ3v) is 1.86. The van der Waals surface area contributed by atoms with Gasteiger partial charge in [0.15, 0.2) is 11.5 Å². The zero-order chi connectivity index (χ0) is 11.3. The zero-order valence-electron chi connectivity index (χ0n) is 8.74. The van der Waals surface area contributed by atoms with Gasteiger partial charge in [0, 0.05) is 5.56 Å². The van der Waals surface area contributed by atoms with E-state index in [1.807, 2.05) is 6.92 Å². The topological polar surface area (TPSA) is 73.6 Å². The summed E-state index contributed by atoms with van der Waals surface area (Å²) in [7, 11) is 1.54. The number of rotatable bonds is 4. The maximum atomic E-state index is 11.2. The average molecular weight is 210 g/mol. The number of carbonyl (C=O) groups excluding carboxylic acids is 1. The number of methoxy groups -OCH3 is 1. The number of hydrogen-bond acceptors (Lipinski definition) is 4. The normalized spacial score (nSPS) is 9.53. The first-order valence-electron chi connectivity index (χ1n) is 4.54. The highest BCUT2D eigenvalue weighted by atomic mass is 16.5. The van der Waals surface area contributed by atoms with Crippen molar-refractivity contribution in [3.05, 3.63) is 23.8 Å². The molecule has 82 valence electrons. The van der Waals surface area contributed by atoms with Crippen molar-refractivity contribution in [1.29, 1.82) is 0 Å². The Balaban J connectivity index is 3.04. The molecule has 0 bridgehead atoms. The van der Waals surface area contributed by atoms with Crippen LogP contribution in [0.15, 0.2) is 18.2 Å². The molecule has 0 fully saturated rings. The SMILES string of the molecule is CCOc1cc(C(=O)NN)ccc1OC. The molecule has 0 aliphatic rings. The predicted molar refractivity (Wildman–Crippen MR) is 55.8 cm³/mol. The summed E-state index contributed by atoms with van der Waals surface area (Å²) in [5.41, 5.74) is 2.48. The molecule has 0 atom stereocenters. The Hall–Kier alpha value is -1.75. The van der Waals surface area contributed by atoms with Crippen LogP contribution in [0.25, 0.3) is 0 Å². The first kappa shape index (κ1) is 11.3. The summed E-state index contributed by atoms with van der Waals surface area (Å²) < 4.78 is 10.4. The molecule has 0 saturated carbocycles. The van der Waals surface area contributed by atoms with Gasteiger partial charge in [-0.15, -0.1) is 0 Å². The lowest BCUT2D eigenvalue weighted by Gasteiger charge is -2.10. The average Bonchev–Trinajstić information content (AvgIpc) is 2.28. The van der Waals surface area contributed by atoms with E-state index in [1.165, 1.54) is 0 Å². The van der Waals surface area contributed by atoms with Gasteiger partial charge in [0.25, 0.3) is 5.91 Å². The Morgan fingerprint density at radius 1 is 1.47 bits per heavy atom. The molecule has 5 nitrogen and oxygen atoms in total. The molecule has 0 aliphatic carbocycles. The van der Waals surface area contributed by atoms with E-state index in [1.54, 1.807) is 25.3 Å². The van der Waals surface area contributed by atoms with Crippen LogP contribution in [0.4, 0.5) is 0 Å². The monoisotopic (exact) mass is 210 g/mol. The van der Waals surface area contributed by atoms with Gasteiger partial charge in [-0.05, 0) is 25.1 Å². The van der Waals surface area contributed by atoms with Gasteiger partial charge in [0.2, 0.25) is 0 Å². The summed E-state index contributed by atoms with van der Waals surface area (Å²) in [5, 5.41) is 0. The van der Waals surface area contributed by atoms with E-state index in [0.29, 0.717) is 23.7 Å². The largest absolute Gasteiger partial charge is 0.493 e. The molecule has 1 aromatic rings. The molecule has 1 aromatic carbocycles. The number of amides is 1. The standard InChI is InChI=1S/C10H14N2O3/c1-3-15-9-6-7(10(13)12-11)4-5-8(9)14-2/h4-6H,3,11H2,1-2H3,(H,12,13). The number of nitrogens with one attached hydrogen (secondary N) is 1. The Kier molecular flexibility index (Phi) is 3.93. The van der Waals surface area contributed by atoms with Crippen molar-refractivity contribution in [3.63, 3.8) is 0 Å². The van der Waals surface area contributed by atoms with Gasteiger partial charge >= 0.3 is 0 Å². The highest BCUT2D eigenvalue weighted by molar-refractivity contribution is 5.94. The summed E-state index contributed by atoms with van der Waals surface area (Å²) in [6.07, 6.45) is 0. The molecule has 0 heterocycles. The molecule has 1 amide bonds. The quantitative estimate of drug-likeness (QED) is 0.436. The van der Waals surface area contributed by atoms with Crippen LogP contribution >= 0.6 is 0 Å². The first-order valence-corrected chi connectivity index (χ1v) is 4.54. The second kappa shape index (κ2) is 5.21. The maximum Gasteiger partial charge on any atom is 0.265 e. The molecular formula is C10H14N2O3. The smallest absolute Gasteiger partial charge is 0.265 e. The highest BCUT2D eigenvalue weighted by Gasteiger charge is 2.09. The molecule has 0 aromatic heterocycles. The Bertz CT molecular complexity index is 353. The Morgan fingerprint density at radius 2 is 2.20 bits per heavy atom. The third kappa shape index (κ3) is 2.60. The number of benzene rings is 1. The third-order valence-electron chi connectivity index (χ3n) is 1.86. The van der Waals surface area contributed by atoms with Gasteiger partial charge in [0.05, 0.1) is 13.7 Å². The van der Waals surface area contributed by atoms with Crippen LogP contribution in [0.1, 0.15) is 17.3 Å². The van der Waals surface area contributed by atoms with Crippen molar-refractivity contribution in [2.24, 2.45) is 5.84 Å². The van der Waals surface area contributed by atoms with E-state index in [0.717, 1.165) is 0 Å². The summed E-state index contributed by atoms with van der Waals surface area (Å²) in [6.45, 7) is 2.36. The van der Waals surface area contributed by atoms with Crippen LogP contribution in [0.2, 0.25) is 0 Å². The fraction of sp³-hybridized carbons (Fsp3) is 0.300. The van der Waals surface area contributed by atoms with E-state index >= 15 is 0 Å². The van der Waals surface area contributed by atoms with Gasteiger partial charge in [0.1, 0.15) is 0 Å². The van der Waals surface area contributed by atoms with Gasteiger partial charge in [-0.2, -0.15) is 0 Å². The maximum absolute atomic E-state index is 11.2. The number of carbonyl (C=O) groups is 1. The zero-order valence-corrected chi connectivity index (χ0v) is 8.74. The first-order chi connectivity index (χ1) is 7.22. The van der Waals surface area contributed by atoms with Crippen molar-refractivity contribution in [2.75, 3.05) is 13.7 Å². The van der Waals surface area contributed by atoms with E-state index in [9.17, 15) is 4.79 Å². The minimum atomic E-state index is -0.362. The number of nitrogens with two attached hydrogens (primary N) is 1. The minimum Gasteiger partial charge on any atom is -0.493 e. The van der Waals surface area contributed by atoms with Crippen LogP contribution in [0, 0.1) is 0 Å². The van der Waals surface area contributed by atoms with Crippen LogP contribution in [0.5, 0.6) is 11.5 Å². The van der Waals surface area contributed by atoms with Crippen LogP contribution in [0.3, 0.4) is 0 Å². The van der Waals surface area contributed by atoms with Crippen molar-refractivity contribution in [1.82, 2.24) is 5.43 Å². The van der Waals surface area contributed by atoms with Crippen molar-refractivity contribution in [2.45, 2.75) is 6.92 Å². The van der Waals surface area contributed by atoms with Gasteiger partial charge < -0.3 is 9.47 Å². The summed E-state index contributed by atoms with van der Waals surface area (Å²) in [5.74, 6) is 5.78. The number of hydrogen-bond donors (Lipinski definition) is 2. The molecule has 3 N–H and O–H groups in total. The highest BCUT2D eigenvalue weighted by Crippen LogP contribution is 2.27. The molecule has 0 aliphatic heterocycles.